The molecule has 1 fully saturated rings. The van der Waals surface area contributed by atoms with Crippen LogP contribution in [0.2, 0.25) is 0 Å². The first-order chi connectivity index (χ1) is 13.0. The van der Waals surface area contributed by atoms with Gasteiger partial charge in [0.15, 0.2) is 0 Å². The Morgan fingerprint density at radius 3 is 2.44 bits per heavy atom. The van der Waals surface area contributed by atoms with Crippen molar-refractivity contribution in [3.8, 4) is 11.5 Å². The minimum absolute atomic E-state index is 0.00485. The summed E-state index contributed by atoms with van der Waals surface area (Å²) in [4.78, 5) is 14.4. The van der Waals surface area contributed by atoms with Crippen molar-refractivity contribution in [1.82, 2.24) is 4.90 Å². The molecule has 0 saturated carbocycles. The number of piperidine rings is 1. The summed E-state index contributed by atoms with van der Waals surface area (Å²) in [7, 11) is 1.65. The third-order valence-electron chi connectivity index (χ3n) is 4.89. The second-order valence-electron chi connectivity index (χ2n) is 6.69. The second kappa shape index (κ2) is 8.84. The highest BCUT2D eigenvalue weighted by Gasteiger charge is 2.24. The molecule has 1 aliphatic rings. The number of halogens is 2. The molecule has 0 aromatic heterocycles. The second-order valence-corrected chi connectivity index (χ2v) is 6.69. The van der Waals surface area contributed by atoms with Crippen LogP contribution in [0.25, 0.3) is 0 Å². The maximum Gasteiger partial charge on any atom is 0.387 e. The van der Waals surface area contributed by atoms with Crippen LogP contribution < -0.4 is 9.47 Å². The number of carbonyl (C=O) groups is 1. The minimum Gasteiger partial charge on any atom is -0.497 e. The number of hydrogen-bond acceptors (Lipinski definition) is 3. The Morgan fingerprint density at radius 2 is 1.81 bits per heavy atom. The van der Waals surface area contributed by atoms with Crippen LogP contribution in [0.4, 0.5) is 8.78 Å². The number of benzene rings is 2. The molecule has 0 spiro atoms. The van der Waals surface area contributed by atoms with E-state index in [1.165, 1.54) is 17.7 Å². The topological polar surface area (TPSA) is 38.8 Å². The Labute approximate surface area is 157 Å². The average Bonchev–Trinajstić information content (AvgIpc) is 2.68. The van der Waals surface area contributed by atoms with Gasteiger partial charge in [-0.05, 0) is 61.1 Å². The van der Waals surface area contributed by atoms with E-state index in [0.29, 0.717) is 24.6 Å². The summed E-state index contributed by atoms with van der Waals surface area (Å²) in [6, 6.07) is 14.0. The predicted molar refractivity (Wildman–Crippen MR) is 98.4 cm³/mol. The first-order valence-electron chi connectivity index (χ1n) is 9.02. The molecule has 2 aromatic carbocycles. The van der Waals surface area contributed by atoms with E-state index in [0.717, 1.165) is 25.0 Å². The SMILES string of the molecule is COc1ccc(CC2CCN(C(=O)c3cccc(OC(F)F)c3)CC2)cc1. The lowest BCUT2D eigenvalue weighted by Gasteiger charge is -2.32. The van der Waals surface area contributed by atoms with Crippen molar-refractivity contribution in [2.75, 3.05) is 20.2 Å². The van der Waals surface area contributed by atoms with E-state index in [1.807, 2.05) is 12.1 Å². The molecular weight excluding hydrogens is 352 g/mol. The van der Waals surface area contributed by atoms with E-state index in [-0.39, 0.29) is 11.7 Å². The summed E-state index contributed by atoms with van der Waals surface area (Å²) < 4.78 is 34.3. The van der Waals surface area contributed by atoms with Crippen LogP contribution >= 0.6 is 0 Å². The number of amides is 1. The number of alkyl halides is 2. The van der Waals surface area contributed by atoms with Gasteiger partial charge in [-0.1, -0.05) is 18.2 Å². The molecule has 1 heterocycles. The van der Waals surface area contributed by atoms with Gasteiger partial charge in [0.2, 0.25) is 0 Å². The molecule has 0 bridgehead atoms. The Hall–Kier alpha value is -2.63. The standard InChI is InChI=1S/C21H23F2NO3/c1-26-18-7-5-15(6-8-18)13-16-9-11-24(12-10-16)20(25)17-3-2-4-19(14-17)27-21(22)23/h2-8,14,16,21H,9-13H2,1H3. The third-order valence-corrected chi connectivity index (χ3v) is 4.89. The van der Waals surface area contributed by atoms with Gasteiger partial charge in [-0.25, -0.2) is 0 Å². The highest BCUT2D eigenvalue weighted by molar-refractivity contribution is 5.94. The quantitative estimate of drug-likeness (QED) is 0.752. The van der Waals surface area contributed by atoms with Crippen molar-refractivity contribution in [2.45, 2.75) is 25.9 Å². The van der Waals surface area contributed by atoms with Gasteiger partial charge < -0.3 is 14.4 Å². The lowest BCUT2D eigenvalue weighted by molar-refractivity contribution is -0.0499. The molecular formula is C21H23F2NO3. The molecule has 144 valence electrons. The highest BCUT2D eigenvalue weighted by Crippen LogP contribution is 2.25. The van der Waals surface area contributed by atoms with Crippen molar-refractivity contribution in [1.29, 1.82) is 0 Å². The van der Waals surface area contributed by atoms with E-state index in [9.17, 15) is 13.6 Å². The molecule has 1 aliphatic heterocycles. The van der Waals surface area contributed by atoms with Crippen molar-refractivity contribution >= 4 is 5.91 Å². The maximum atomic E-state index is 12.6. The first-order valence-corrected chi connectivity index (χ1v) is 9.02. The molecule has 0 unspecified atom stereocenters. The van der Waals surface area contributed by atoms with Gasteiger partial charge in [-0.3, -0.25) is 4.79 Å². The zero-order valence-electron chi connectivity index (χ0n) is 15.2. The van der Waals surface area contributed by atoms with Gasteiger partial charge >= 0.3 is 6.61 Å². The molecule has 27 heavy (non-hydrogen) atoms. The van der Waals surface area contributed by atoms with E-state index in [4.69, 9.17) is 4.74 Å². The maximum absolute atomic E-state index is 12.6. The van der Waals surface area contributed by atoms with Crippen LogP contribution in [-0.4, -0.2) is 37.6 Å². The monoisotopic (exact) mass is 375 g/mol. The summed E-state index contributed by atoms with van der Waals surface area (Å²) in [6.07, 6.45) is 2.82. The number of nitrogens with zero attached hydrogens (tertiary/aromatic N) is 1. The van der Waals surface area contributed by atoms with E-state index < -0.39 is 6.61 Å². The molecule has 6 heteroatoms. The van der Waals surface area contributed by atoms with Crippen LogP contribution in [0.3, 0.4) is 0 Å². The molecule has 3 rings (SSSR count). The molecule has 0 atom stereocenters. The summed E-state index contributed by atoms with van der Waals surface area (Å²) >= 11 is 0. The number of ether oxygens (including phenoxy) is 2. The van der Waals surface area contributed by atoms with Crippen molar-refractivity contribution in [2.24, 2.45) is 5.92 Å². The number of rotatable bonds is 6. The van der Waals surface area contributed by atoms with E-state index >= 15 is 0 Å². The van der Waals surface area contributed by atoms with Gasteiger partial charge in [-0.2, -0.15) is 8.78 Å². The van der Waals surface area contributed by atoms with Gasteiger partial charge in [-0.15, -0.1) is 0 Å². The first kappa shape index (κ1) is 19.1. The van der Waals surface area contributed by atoms with Crippen molar-refractivity contribution < 1.29 is 23.0 Å². The fraction of sp³-hybridized carbons (Fsp3) is 0.381. The summed E-state index contributed by atoms with van der Waals surface area (Å²) in [6.45, 7) is -1.57. The molecule has 0 radical (unpaired) electrons. The Bertz CT molecular complexity index is 756. The summed E-state index contributed by atoms with van der Waals surface area (Å²) in [5.41, 5.74) is 1.64. The largest absolute Gasteiger partial charge is 0.497 e. The molecule has 1 amide bonds. The van der Waals surface area contributed by atoms with Gasteiger partial charge in [0.05, 0.1) is 7.11 Å². The van der Waals surface area contributed by atoms with Gasteiger partial charge in [0, 0.05) is 18.7 Å². The normalized spacial score (nSPS) is 15.0. The minimum atomic E-state index is -2.90. The molecule has 4 nitrogen and oxygen atoms in total. The molecule has 0 aliphatic carbocycles. The van der Waals surface area contributed by atoms with Crippen LogP contribution in [0.1, 0.15) is 28.8 Å². The van der Waals surface area contributed by atoms with Crippen LogP contribution in [0.15, 0.2) is 48.5 Å². The molecule has 2 aromatic rings. The number of likely N-dealkylation sites (tertiary alicyclic amines) is 1. The summed E-state index contributed by atoms with van der Waals surface area (Å²) in [5, 5.41) is 0. The zero-order chi connectivity index (χ0) is 19.2. The predicted octanol–water partition coefficient (Wildman–Crippen LogP) is 4.39. The van der Waals surface area contributed by atoms with E-state index in [2.05, 4.69) is 16.9 Å². The summed E-state index contributed by atoms with van der Waals surface area (Å²) in [5.74, 6) is 1.23. The molecule has 1 saturated heterocycles. The zero-order valence-corrected chi connectivity index (χ0v) is 15.2. The highest BCUT2D eigenvalue weighted by atomic mass is 19.3. The fourth-order valence-electron chi connectivity index (χ4n) is 3.42. The molecule has 0 N–H and O–H groups in total. The Morgan fingerprint density at radius 1 is 1.11 bits per heavy atom. The fourth-order valence-corrected chi connectivity index (χ4v) is 3.42. The van der Waals surface area contributed by atoms with Crippen LogP contribution in [0, 0.1) is 5.92 Å². The van der Waals surface area contributed by atoms with Gasteiger partial charge in [0.1, 0.15) is 11.5 Å². The lowest BCUT2D eigenvalue weighted by atomic mass is 9.90. The van der Waals surface area contributed by atoms with Crippen LogP contribution in [0.5, 0.6) is 11.5 Å². The number of hydrogen-bond donors (Lipinski definition) is 0. The third kappa shape index (κ3) is 5.18. The van der Waals surface area contributed by atoms with Gasteiger partial charge in [0.25, 0.3) is 5.91 Å². The Balaban J connectivity index is 1.54. The number of carbonyl (C=O) groups excluding carboxylic acids is 1. The Kier molecular flexibility index (Phi) is 6.27. The lowest BCUT2D eigenvalue weighted by Crippen LogP contribution is -2.38. The van der Waals surface area contributed by atoms with Crippen LogP contribution in [-0.2, 0) is 6.42 Å². The van der Waals surface area contributed by atoms with E-state index in [1.54, 1.807) is 24.1 Å². The van der Waals surface area contributed by atoms with Crippen molar-refractivity contribution in [3.05, 3.63) is 59.7 Å². The smallest absolute Gasteiger partial charge is 0.387 e. The number of methoxy groups -OCH3 is 1. The average molecular weight is 375 g/mol. The van der Waals surface area contributed by atoms with Crippen molar-refractivity contribution in [3.63, 3.8) is 0 Å².